The second-order valence-corrected chi connectivity index (χ2v) is 8.08. The van der Waals surface area contributed by atoms with Crippen LogP contribution in [0.3, 0.4) is 0 Å². The molecule has 1 saturated carbocycles. The van der Waals surface area contributed by atoms with Crippen LogP contribution < -0.4 is 0 Å². The molecule has 148 valence electrons. The van der Waals surface area contributed by atoms with Crippen molar-refractivity contribution in [1.82, 2.24) is 4.90 Å². The number of likely N-dealkylation sites (N-methyl/N-ethyl adjacent to an activating group) is 1. The summed E-state index contributed by atoms with van der Waals surface area (Å²) in [6.45, 7) is -0.404. The van der Waals surface area contributed by atoms with Gasteiger partial charge in [-0.3, -0.25) is 14.4 Å². The fourth-order valence-electron chi connectivity index (χ4n) is 3.69. The Morgan fingerprint density at radius 2 is 2.04 bits per heavy atom. The summed E-state index contributed by atoms with van der Waals surface area (Å²) >= 11 is 7.89. The highest BCUT2D eigenvalue weighted by molar-refractivity contribution is 7.08. The number of hydrogen-bond acceptors (Lipinski definition) is 5. The number of amides is 1. The van der Waals surface area contributed by atoms with Crippen LogP contribution in [0.1, 0.15) is 36.8 Å². The maximum Gasteiger partial charge on any atom is 0.310 e. The largest absolute Gasteiger partial charge is 0.455 e. The van der Waals surface area contributed by atoms with Gasteiger partial charge in [0, 0.05) is 24.1 Å². The lowest BCUT2D eigenvalue weighted by Crippen LogP contribution is -2.55. The van der Waals surface area contributed by atoms with Gasteiger partial charge in [0.1, 0.15) is 5.54 Å². The molecule has 0 spiro atoms. The molecule has 1 atom stereocenters. The van der Waals surface area contributed by atoms with E-state index < -0.39 is 24.0 Å². The average Bonchev–Trinajstić information content (AvgIpc) is 3.19. The first-order valence-corrected chi connectivity index (χ1v) is 10.5. The second-order valence-electron chi connectivity index (χ2n) is 6.89. The van der Waals surface area contributed by atoms with Crippen LogP contribution in [0.15, 0.2) is 41.1 Å². The first-order valence-electron chi connectivity index (χ1n) is 9.17. The highest BCUT2D eigenvalue weighted by Gasteiger charge is 2.47. The number of Topliss-reactive ketones (excluding diaryl/α,β-unsaturated/α-hetero) is 1. The third-order valence-electron chi connectivity index (χ3n) is 5.21. The van der Waals surface area contributed by atoms with Gasteiger partial charge in [0.25, 0.3) is 5.91 Å². The summed E-state index contributed by atoms with van der Waals surface area (Å²) in [4.78, 5) is 39.3. The zero-order valence-corrected chi connectivity index (χ0v) is 17.2. The molecule has 3 rings (SSSR count). The van der Waals surface area contributed by atoms with Gasteiger partial charge in [-0.15, -0.1) is 0 Å². The number of halogens is 1. The van der Waals surface area contributed by atoms with E-state index in [0.29, 0.717) is 23.4 Å². The summed E-state index contributed by atoms with van der Waals surface area (Å²) in [7, 11) is 1.58. The molecule has 1 aliphatic rings. The maximum absolute atomic E-state index is 13.0. The minimum atomic E-state index is -1.12. The summed E-state index contributed by atoms with van der Waals surface area (Å²) in [6.07, 6.45) is 2.62. The monoisotopic (exact) mass is 419 g/mol. The fraction of sp³-hybridized carbons (Fsp3) is 0.381. The number of carbonyl (C=O) groups is 3. The van der Waals surface area contributed by atoms with Crippen LogP contribution in [0.4, 0.5) is 0 Å². The maximum atomic E-state index is 13.0. The molecule has 1 aliphatic carbocycles. The number of hydrogen-bond donors (Lipinski definition) is 0. The molecule has 5 nitrogen and oxygen atoms in total. The van der Waals surface area contributed by atoms with Gasteiger partial charge in [0.05, 0.1) is 6.42 Å². The molecule has 1 aromatic carbocycles. The van der Waals surface area contributed by atoms with Gasteiger partial charge < -0.3 is 9.64 Å². The zero-order chi connectivity index (χ0) is 20.1. The molecule has 0 saturated heterocycles. The van der Waals surface area contributed by atoms with E-state index in [1.807, 2.05) is 22.9 Å². The van der Waals surface area contributed by atoms with Crippen LogP contribution in [-0.2, 0) is 31.1 Å². The quantitative estimate of drug-likeness (QED) is 0.664. The van der Waals surface area contributed by atoms with Crippen LogP contribution in [0, 0.1) is 0 Å². The highest BCUT2D eigenvalue weighted by Crippen LogP contribution is 2.42. The molecule has 0 radical (unpaired) electrons. The van der Waals surface area contributed by atoms with E-state index >= 15 is 0 Å². The van der Waals surface area contributed by atoms with Crippen molar-refractivity contribution in [3.05, 3.63) is 57.2 Å². The van der Waals surface area contributed by atoms with Gasteiger partial charge in [0.15, 0.2) is 12.4 Å². The summed E-state index contributed by atoms with van der Waals surface area (Å²) < 4.78 is 5.17. The Morgan fingerprint density at radius 3 is 2.71 bits per heavy atom. The number of ether oxygens (including phenoxy) is 1. The molecule has 1 aromatic heterocycles. The summed E-state index contributed by atoms with van der Waals surface area (Å²) in [6, 6.07) is 8.95. The molecule has 28 heavy (non-hydrogen) atoms. The second kappa shape index (κ2) is 8.88. The molecule has 2 aromatic rings. The lowest BCUT2D eigenvalue weighted by Gasteiger charge is -2.43. The molecule has 7 heteroatoms. The van der Waals surface area contributed by atoms with E-state index in [1.54, 1.807) is 25.2 Å². The molecular weight excluding hydrogens is 398 g/mol. The summed E-state index contributed by atoms with van der Waals surface area (Å²) in [5.74, 6) is -0.928. The molecule has 1 amide bonds. The normalized spacial score (nSPS) is 19.3. The van der Waals surface area contributed by atoms with Crippen molar-refractivity contribution in [2.75, 3.05) is 13.7 Å². The number of nitrogens with zero attached hydrogens (tertiary/aromatic N) is 1. The zero-order valence-electron chi connectivity index (χ0n) is 15.7. The van der Waals surface area contributed by atoms with E-state index in [0.717, 1.165) is 18.4 Å². The van der Waals surface area contributed by atoms with Crippen molar-refractivity contribution in [2.45, 2.75) is 37.6 Å². The van der Waals surface area contributed by atoms with E-state index in [-0.39, 0.29) is 12.2 Å². The average molecular weight is 420 g/mol. The van der Waals surface area contributed by atoms with E-state index in [9.17, 15) is 14.4 Å². The van der Waals surface area contributed by atoms with E-state index in [1.165, 1.54) is 16.2 Å². The van der Waals surface area contributed by atoms with Crippen LogP contribution >= 0.6 is 22.9 Å². The molecule has 1 heterocycles. The smallest absolute Gasteiger partial charge is 0.310 e. The number of rotatable bonds is 6. The van der Waals surface area contributed by atoms with Crippen LogP contribution in [0.25, 0.3) is 0 Å². The Balaban J connectivity index is 1.77. The van der Waals surface area contributed by atoms with Gasteiger partial charge in [-0.05, 0) is 47.7 Å². The van der Waals surface area contributed by atoms with Crippen molar-refractivity contribution in [3.8, 4) is 0 Å². The molecular formula is C21H22ClNO4S. The van der Waals surface area contributed by atoms with E-state index in [4.69, 9.17) is 16.3 Å². The van der Waals surface area contributed by atoms with Gasteiger partial charge >= 0.3 is 5.97 Å². The third kappa shape index (κ3) is 4.13. The van der Waals surface area contributed by atoms with Crippen molar-refractivity contribution in [2.24, 2.45) is 0 Å². The van der Waals surface area contributed by atoms with Crippen LogP contribution in [-0.4, -0.2) is 36.2 Å². The first-order chi connectivity index (χ1) is 13.4. The minimum absolute atomic E-state index is 0.0349. The standard InChI is InChI=1S/C21H22ClNO4S/c1-23(19(25)13-27-20(26)12-15-9-11-28-14-15)21(10-5-4-8-18(21)24)16-6-2-3-7-17(16)22/h2-3,6-7,9,11,14H,4-5,8,10,12-13H2,1H3. The molecule has 1 unspecified atom stereocenters. The Bertz CT molecular complexity index is 867. The molecule has 0 bridgehead atoms. The van der Waals surface area contributed by atoms with Crippen molar-refractivity contribution in [1.29, 1.82) is 0 Å². The van der Waals surface area contributed by atoms with Gasteiger partial charge in [-0.2, -0.15) is 11.3 Å². The first kappa shape index (κ1) is 20.6. The Kier molecular flexibility index (Phi) is 6.52. The van der Waals surface area contributed by atoms with Crippen LogP contribution in [0.2, 0.25) is 5.02 Å². The Labute approximate surface area is 173 Å². The lowest BCUT2D eigenvalue weighted by atomic mass is 9.74. The van der Waals surface area contributed by atoms with Crippen LogP contribution in [0.5, 0.6) is 0 Å². The number of thiophene rings is 1. The predicted octanol–water partition coefficient (Wildman–Crippen LogP) is 3.98. The lowest BCUT2D eigenvalue weighted by molar-refractivity contribution is -0.157. The third-order valence-corrected chi connectivity index (χ3v) is 6.27. The van der Waals surface area contributed by atoms with Gasteiger partial charge in [0.2, 0.25) is 0 Å². The minimum Gasteiger partial charge on any atom is -0.455 e. The summed E-state index contributed by atoms with van der Waals surface area (Å²) in [5, 5.41) is 4.19. The summed E-state index contributed by atoms with van der Waals surface area (Å²) in [5.41, 5.74) is 0.362. The Hall–Kier alpha value is -2.18. The fourth-order valence-corrected chi connectivity index (χ4v) is 4.65. The van der Waals surface area contributed by atoms with E-state index in [2.05, 4.69) is 0 Å². The number of carbonyl (C=O) groups excluding carboxylic acids is 3. The molecule has 0 N–H and O–H groups in total. The highest BCUT2D eigenvalue weighted by atomic mass is 35.5. The SMILES string of the molecule is CN(C(=O)COC(=O)Cc1ccsc1)C1(c2ccccc2Cl)CCCCC1=O. The predicted molar refractivity (Wildman–Crippen MR) is 108 cm³/mol. The number of ketones is 1. The Morgan fingerprint density at radius 1 is 1.25 bits per heavy atom. The van der Waals surface area contributed by atoms with Gasteiger partial charge in [-0.1, -0.05) is 29.8 Å². The number of esters is 1. The van der Waals surface area contributed by atoms with Crippen molar-refractivity contribution in [3.63, 3.8) is 0 Å². The topological polar surface area (TPSA) is 63.7 Å². The number of benzene rings is 1. The molecule has 1 fully saturated rings. The van der Waals surface area contributed by atoms with Crippen molar-refractivity contribution >= 4 is 40.6 Å². The van der Waals surface area contributed by atoms with Gasteiger partial charge in [-0.25, -0.2) is 0 Å². The molecule has 0 aliphatic heterocycles. The van der Waals surface area contributed by atoms with Crippen molar-refractivity contribution < 1.29 is 19.1 Å².